The van der Waals surface area contributed by atoms with E-state index in [1.165, 1.54) is 0 Å². The third-order valence-corrected chi connectivity index (χ3v) is 6.27. The zero-order valence-corrected chi connectivity index (χ0v) is 21.9. The maximum absolute atomic E-state index is 14.3. The molecule has 39 heavy (non-hydrogen) atoms. The molecule has 3 heterocycles. The number of halogens is 1. The Bertz CT molecular complexity index is 1470. The van der Waals surface area contributed by atoms with Crippen LogP contribution in [0.25, 0.3) is 11.1 Å². The molecule has 0 amide bonds. The molecule has 0 spiro atoms. The number of morpholine rings is 1. The lowest BCUT2D eigenvalue weighted by atomic mass is 10.0. The van der Waals surface area contributed by atoms with Gasteiger partial charge in [-0.3, -0.25) is 4.98 Å². The lowest BCUT2D eigenvalue weighted by Crippen LogP contribution is -2.37. The fraction of sp³-hybridized carbons (Fsp3) is 0.276. The van der Waals surface area contributed by atoms with Gasteiger partial charge in [-0.15, -0.1) is 5.11 Å². The number of pyridine rings is 1. The first-order valence-corrected chi connectivity index (χ1v) is 12.9. The van der Waals surface area contributed by atoms with E-state index in [1.807, 2.05) is 53.4 Å². The van der Waals surface area contributed by atoms with Gasteiger partial charge in [-0.1, -0.05) is 38.1 Å². The Kier molecular flexibility index (Phi) is 8.02. The van der Waals surface area contributed by atoms with E-state index in [2.05, 4.69) is 39.4 Å². The number of phenols is 1. The van der Waals surface area contributed by atoms with E-state index >= 15 is 0 Å². The third kappa shape index (κ3) is 6.53. The van der Waals surface area contributed by atoms with Crippen molar-refractivity contribution in [1.82, 2.24) is 15.0 Å². The molecule has 2 N–H and O–H groups in total. The van der Waals surface area contributed by atoms with E-state index in [9.17, 15) is 9.50 Å². The number of ether oxygens (including phenoxy) is 1. The van der Waals surface area contributed by atoms with Gasteiger partial charge in [0.05, 0.1) is 36.5 Å². The Morgan fingerprint density at radius 3 is 2.56 bits per heavy atom. The Labute approximate surface area is 226 Å². The summed E-state index contributed by atoms with van der Waals surface area (Å²) in [6, 6.07) is 19.1. The lowest BCUT2D eigenvalue weighted by Gasteiger charge is -2.27. The molecule has 1 saturated heterocycles. The van der Waals surface area contributed by atoms with Crippen molar-refractivity contribution in [2.75, 3.05) is 36.5 Å². The SMILES string of the molecule is CC(C)c1nc(CN=Nc2ncc(F)c(N3CCOCC3)n2)ccc1Nc1cccc(-c2cccc(O)c2)c1. The highest BCUT2D eigenvalue weighted by molar-refractivity contribution is 5.72. The van der Waals surface area contributed by atoms with Gasteiger partial charge in [-0.25, -0.2) is 9.37 Å². The largest absolute Gasteiger partial charge is 0.508 e. The number of nitrogens with zero attached hydrogens (tertiary/aromatic N) is 6. The normalized spacial score (nSPS) is 13.8. The minimum absolute atomic E-state index is 0.104. The fourth-order valence-corrected chi connectivity index (χ4v) is 4.33. The Hall–Kier alpha value is -4.44. The maximum Gasteiger partial charge on any atom is 0.270 e. The number of hydrogen-bond acceptors (Lipinski definition) is 9. The van der Waals surface area contributed by atoms with Crippen LogP contribution in [0.5, 0.6) is 5.75 Å². The second kappa shape index (κ2) is 12.0. The topological polar surface area (TPSA) is 108 Å². The fourth-order valence-electron chi connectivity index (χ4n) is 4.33. The van der Waals surface area contributed by atoms with Gasteiger partial charge in [0.2, 0.25) is 0 Å². The van der Waals surface area contributed by atoms with Crippen molar-refractivity contribution in [3.8, 4) is 16.9 Å². The summed E-state index contributed by atoms with van der Waals surface area (Å²) in [7, 11) is 0. The van der Waals surface area contributed by atoms with E-state index in [4.69, 9.17) is 9.72 Å². The number of azo groups is 1. The average Bonchev–Trinajstić information content (AvgIpc) is 2.95. The average molecular weight is 528 g/mol. The first-order chi connectivity index (χ1) is 19.0. The molecule has 2 aromatic heterocycles. The number of benzene rings is 2. The molecule has 0 radical (unpaired) electrons. The number of aromatic hydroxyl groups is 1. The van der Waals surface area contributed by atoms with Crippen molar-refractivity contribution in [2.45, 2.75) is 26.3 Å². The third-order valence-electron chi connectivity index (χ3n) is 6.27. The Morgan fingerprint density at radius 1 is 1.03 bits per heavy atom. The highest BCUT2D eigenvalue weighted by Gasteiger charge is 2.18. The van der Waals surface area contributed by atoms with Crippen LogP contribution in [0.3, 0.4) is 0 Å². The molecule has 0 aliphatic carbocycles. The highest BCUT2D eigenvalue weighted by atomic mass is 19.1. The molecule has 1 aliphatic heterocycles. The zero-order chi connectivity index (χ0) is 27.2. The summed E-state index contributed by atoms with van der Waals surface area (Å²) in [6.07, 6.45) is 1.12. The summed E-state index contributed by atoms with van der Waals surface area (Å²) in [5.41, 5.74) is 5.39. The maximum atomic E-state index is 14.3. The first-order valence-electron chi connectivity index (χ1n) is 12.9. The van der Waals surface area contributed by atoms with E-state index in [1.54, 1.807) is 12.1 Å². The van der Waals surface area contributed by atoms with Crippen LogP contribution in [0.1, 0.15) is 31.2 Å². The first kappa shape index (κ1) is 26.2. The molecule has 0 unspecified atom stereocenters. The van der Waals surface area contributed by atoms with Gasteiger partial charge in [0.1, 0.15) is 12.3 Å². The van der Waals surface area contributed by atoms with Crippen LogP contribution in [0.2, 0.25) is 0 Å². The van der Waals surface area contributed by atoms with Gasteiger partial charge in [0, 0.05) is 18.8 Å². The van der Waals surface area contributed by atoms with Crippen LogP contribution in [-0.2, 0) is 11.3 Å². The van der Waals surface area contributed by atoms with E-state index < -0.39 is 5.82 Å². The van der Waals surface area contributed by atoms with Gasteiger partial charge < -0.3 is 20.1 Å². The van der Waals surface area contributed by atoms with Crippen molar-refractivity contribution in [1.29, 1.82) is 0 Å². The van der Waals surface area contributed by atoms with Crippen LogP contribution < -0.4 is 10.2 Å². The number of hydrogen-bond donors (Lipinski definition) is 2. The molecule has 2 aromatic carbocycles. The molecule has 1 aliphatic rings. The van der Waals surface area contributed by atoms with Crippen LogP contribution in [-0.4, -0.2) is 46.4 Å². The minimum atomic E-state index is -0.491. The molecule has 5 rings (SSSR count). The summed E-state index contributed by atoms with van der Waals surface area (Å²) in [5, 5.41) is 21.7. The van der Waals surface area contributed by atoms with E-state index in [-0.39, 0.29) is 30.0 Å². The number of phenolic OH excluding ortho intramolecular Hbond substituents is 1. The molecule has 200 valence electrons. The molecular formula is C29H30FN7O2. The zero-order valence-electron chi connectivity index (χ0n) is 21.9. The number of nitrogens with one attached hydrogen (secondary N) is 1. The van der Waals surface area contributed by atoms with Crippen molar-refractivity contribution < 1.29 is 14.2 Å². The van der Waals surface area contributed by atoms with Gasteiger partial charge in [0.15, 0.2) is 11.6 Å². The minimum Gasteiger partial charge on any atom is -0.508 e. The van der Waals surface area contributed by atoms with Crippen molar-refractivity contribution >= 4 is 23.1 Å². The van der Waals surface area contributed by atoms with Crippen LogP contribution in [0, 0.1) is 5.82 Å². The summed E-state index contributed by atoms with van der Waals surface area (Å²) in [6.45, 7) is 6.58. The quantitative estimate of drug-likeness (QED) is 0.256. The van der Waals surface area contributed by atoms with Gasteiger partial charge in [-0.2, -0.15) is 10.1 Å². The van der Waals surface area contributed by atoms with Crippen LogP contribution in [0.15, 0.2) is 77.1 Å². The molecular weight excluding hydrogens is 497 g/mol. The van der Waals surface area contributed by atoms with Crippen molar-refractivity contribution in [3.63, 3.8) is 0 Å². The van der Waals surface area contributed by atoms with Crippen molar-refractivity contribution in [3.05, 3.63) is 84.1 Å². The lowest BCUT2D eigenvalue weighted by molar-refractivity contribution is 0.122. The van der Waals surface area contributed by atoms with Gasteiger partial charge in [-0.05, 0) is 53.4 Å². The summed E-state index contributed by atoms with van der Waals surface area (Å²) in [4.78, 5) is 14.8. The molecule has 4 aromatic rings. The number of aromatic nitrogens is 3. The molecule has 9 nitrogen and oxygen atoms in total. The van der Waals surface area contributed by atoms with Gasteiger partial charge in [0.25, 0.3) is 5.95 Å². The van der Waals surface area contributed by atoms with Crippen LogP contribution in [0.4, 0.5) is 27.5 Å². The predicted molar refractivity (Wildman–Crippen MR) is 148 cm³/mol. The van der Waals surface area contributed by atoms with E-state index in [0.717, 1.165) is 40.1 Å². The second-order valence-corrected chi connectivity index (χ2v) is 9.49. The monoisotopic (exact) mass is 527 g/mol. The summed E-state index contributed by atoms with van der Waals surface area (Å²) in [5.74, 6) is 0.219. The Balaban J connectivity index is 1.30. The second-order valence-electron chi connectivity index (χ2n) is 9.49. The van der Waals surface area contributed by atoms with Crippen molar-refractivity contribution in [2.24, 2.45) is 10.2 Å². The molecule has 0 bridgehead atoms. The molecule has 0 atom stereocenters. The molecule has 10 heteroatoms. The van der Waals surface area contributed by atoms with Gasteiger partial charge >= 0.3 is 0 Å². The Morgan fingerprint density at radius 2 is 1.79 bits per heavy atom. The molecule has 0 saturated carbocycles. The summed E-state index contributed by atoms with van der Waals surface area (Å²) >= 11 is 0. The number of rotatable bonds is 8. The van der Waals surface area contributed by atoms with E-state index in [0.29, 0.717) is 26.3 Å². The molecule has 1 fully saturated rings. The summed E-state index contributed by atoms with van der Waals surface area (Å²) < 4.78 is 19.6. The smallest absolute Gasteiger partial charge is 0.270 e. The highest BCUT2D eigenvalue weighted by Crippen LogP contribution is 2.30. The number of anilines is 3. The van der Waals surface area contributed by atoms with Crippen LogP contribution >= 0.6 is 0 Å². The predicted octanol–water partition coefficient (Wildman–Crippen LogP) is 6.37. The standard InChI is InChI=1S/C29H30FN7O2/c1-19(2)27-26(33-22-7-3-5-20(15-22)21-6-4-8-24(38)16-21)10-9-23(34-27)17-32-36-29-31-18-25(30)28(35-29)37-11-13-39-14-12-37/h3-10,15-16,18-19,33,38H,11-14,17H2,1-2H3.